The number of aromatic nitrogens is 4. The predicted molar refractivity (Wildman–Crippen MR) is 92.1 cm³/mol. The molecule has 2 rings (SSSR count). The molecule has 0 N–H and O–H groups in total. The predicted octanol–water partition coefficient (Wildman–Crippen LogP) is 2.24. The Bertz CT molecular complexity index is 706. The summed E-state index contributed by atoms with van der Waals surface area (Å²) in [6.45, 7) is 7.87. The first-order valence-electron chi connectivity index (χ1n) is 7.15. The number of nitrogens with zero attached hydrogens (tertiary/aromatic N) is 4. The van der Waals surface area contributed by atoms with Crippen LogP contribution in [0.2, 0.25) is 25.7 Å². The smallest absolute Gasteiger partial charge is 0.253 e. The minimum Gasteiger partial charge on any atom is -0.361 e. The molecule has 0 aliphatic heterocycles. The molecule has 0 bridgehead atoms. The lowest BCUT2D eigenvalue weighted by Gasteiger charge is -2.15. The number of hydrogen-bond acceptors (Lipinski definition) is 5. The first kappa shape index (κ1) is 17.0. The second-order valence-corrected chi connectivity index (χ2v) is 12.5. The van der Waals surface area contributed by atoms with Gasteiger partial charge >= 0.3 is 0 Å². The van der Waals surface area contributed by atoms with Gasteiger partial charge in [-0.1, -0.05) is 19.6 Å². The van der Waals surface area contributed by atoms with E-state index in [9.17, 15) is 4.79 Å². The first-order valence-corrected chi connectivity index (χ1v) is 11.3. The molecule has 2 aromatic heterocycles. The van der Waals surface area contributed by atoms with E-state index in [1.165, 1.54) is 0 Å². The summed E-state index contributed by atoms with van der Waals surface area (Å²) >= 11 is 4.18. The monoisotopic (exact) mass is 338 g/mol. The lowest BCUT2D eigenvalue weighted by molar-refractivity contribution is 0.0848. The molecule has 0 saturated carbocycles. The zero-order valence-electron chi connectivity index (χ0n) is 13.4. The summed E-state index contributed by atoms with van der Waals surface area (Å²) in [7, 11) is 0.705. The highest BCUT2D eigenvalue weighted by atomic mass is 32.1. The minimum absolute atomic E-state index is 0.116. The number of ether oxygens (including phenoxy) is 1. The largest absolute Gasteiger partial charge is 0.361 e. The first-order chi connectivity index (χ1) is 10.3. The van der Waals surface area contributed by atoms with Crippen molar-refractivity contribution in [1.29, 1.82) is 0 Å². The lowest BCUT2D eigenvalue weighted by Crippen LogP contribution is -2.24. The van der Waals surface area contributed by atoms with Crippen molar-refractivity contribution in [3.63, 3.8) is 0 Å². The molecular formula is C14H22N4O2SSi. The molecule has 0 amide bonds. The maximum atomic E-state index is 12.1. The van der Waals surface area contributed by atoms with Crippen molar-refractivity contribution in [3.8, 4) is 11.4 Å². The van der Waals surface area contributed by atoms with Crippen LogP contribution in [0.4, 0.5) is 0 Å². The van der Waals surface area contributed by atoms with Crippen molar-refractivity contribution in [1.82, 2.24) is 19.3 Å². The van der Waals surface area contributed by atoms with E-state index in [2.05, 4.69) is 42.5 Å². The third-order valence-electron chi connectivity index (χ3n) is 3.33. The van der Waals surface area contributed by atoms with Crippen molar-refractivity contribution >= 4 is 20.7 Å². The molecule has 0 fully saturated rings. The van der Waals surface area contributed by atoms with Gasteiger partial charge in [0.1, 0.15) is 6.73 Å². The molecule has 0 saturated heterocycles. The second kappa shape index (κ2) is 6.80. The summed E-state index contributed by atoms with van der Waals surface area (Å²) in [5, 5.41) is 8.40. The summed E-state index contributed by atoms with van der Waals surface area (Å²) in [4.78, 5) is 12.1. The van der Waals surface area contributed by atoms with E-state index in [0.717, 1.165) is 11.6 Å². The molecule has 0 aromatic carbocycles. The van der Waals surface area contributed by atoms with E-state index in [0.29, 0.717) is 17.6 Å². The van der Waals surface area contributed by atoms with E-state index < -0.39 is 8.07 Å². The Balaban J connectivity index is 2.04. The van der Waals surface area contributed by atoms with Gasteiger partial charge in [-0.25, -0.2) is 0 Å². The maximum absolute atomic E-state index is 12.1. The van der Waals surface area contributed by atoms with Crippen molar-refractivity contribution in [2.75, 3.05) is 6.61 Å². The van der Waals surface area contributed by atoms with E-state index >= 15 is 0 Å². The maximum Gasteiger partial charge on any atom is 0.253 e. The van der Waals surface area contributed by atoms with Crippen LogP contribution in [-0.2, 0) is 18.5 Å². The van der Waals surface area contributed by atoms with Crippen LogP contribution in [0.5, 0.6) is 0 Å². The fourth-order valence-electron chi connectivity index (χ4n) is 1.87. The van der Waals surface area contributed by atoms with Gasteiger partial charge in [0.15, 0.2) is 11.0 Å². The second-order valence-electron chi connectivity index (χ2n) is 6.45. The summed E-state index contributed by atoms with van der Waals surface area (Å²) in [6, 6.07) is 4.46. The minimum atomic E-state index is -1.10. The summed E-state index contributed by atoms with van der Waals surface area (Å²) in [5.74, 6) is 0.619. The van der Waals surface area contributed by atoms with Crippen LogP contribution >= 0.6 is 12.6 Å². The molecular weight excluding hydrogens is 316 g/mol. The fraction of sp³-hybridized carbons (Fsp3) is 0.500. The number of pyridine rings is 1. The van der Waals surface area contributed by atoms with Gasteiger partial charge in [-0.15, -0.1) is 22.8 Å². The zero-order chi connectivity index (χ0) is 16.3. The summed E-state index contributed by atoms with van der Waals surface area (Å²) in [5.41, 5.74) is 0.605. The van der Waals surface area contributed by atoms with Gasteiger partial charge in [0.2, 0.25) is 0 Å². The molecule has 120 valence electrons. The Kier molecular flexibility index (Phi) is 5.25. The molecule has 0 spiro atoms. The van der Waals surface area contributed by atoms with Gasteiger partial charge in [-0.2, -0.15) is 0 Å². The molecule has 0 unspecified atom stereocenters. The fourth-order valence-corrected chi connectivity index (χ4v) is 2.76. The SMILES string of the molecule is Cn1c(S)nnc1-c1ccn(COCC[Si](C)(C)C)c(=O)c1. The lowest BCUT2D eigenvalue weighted by atomic mass is 10.2. The normalized spacial score (nSPS) is 11.9. The zero-order valence-corrected chi connectivity index (χ0v) is 15.3. The number of thiol groups is 1. The van der Waals surface area contributed by atoms with E-state index in [-0.39, 0.29) is 12.3 Å². The molecule has 2 heterocycles. The van der Waals surface area contributed by atoms with Gasteiger partial charge in [-0.3, -0.25) is 9.36 Å². The van der Waals surface area contributed by atoms with Gasteiger partial charge in [0.05, 0.1) is 0 Å². The van der Waals surface area contributed by atoms with Crippen LogP contribution in [-0.4, -0.2) is 34.0 Å². The molecule has 0 aliphatic rings. The van der Waals surface area contributed by atoms with Crippen LogP contribution in [0.3, 0.4) is 0 Å². The average molecular weight is 339 g/mol. The summed E-state index contributed by atoms with van der Waals surface area (Å²) < 4.78 is 8.88. The van der Waals surface area contributed by atoms with Crippen LogP contribution in [0.25, 0.3) is 11.4 Å². The van der Waals surface area contributed by atoms with Crippen molar-refractivity contribution < 1.29 is 4.74 Å². The van der Waals surface area contributed by atoms with Crippen LogP contribution in [0, 0.1) is 0 Å². The Hall–Kier alpha value is -1.38. The third kappa shape index (κ3) is 4.31. The standard InChI is InChI=1S/C14H22N4O2SSi/c1-17-13(15-16-14(17)21)11-5-6-18(12(19)9-11)10-20-7-8-22(2,3)4/h5-6,9H,7-8,10H2,1-4H3,(H,16,21). The molecule has 2 aromatic rings. The Morgan fingerprint density at radius 2 is 2.05 bits per heavy atom. The summed E-state index contributed by atoms with van der Waals surface area (Å²) in [6.07, 6.45) is 1.72. The van der Waals surface area contributed by atoms with Crippen molar-refractivity contribution in [3.05, 3.63) is 28.7 Å². The highest BCUT2D eigenvalue weighted by molar-refractivity contribution is 7.80. The van der Waals surface area contributed by atoms with Crippen LogP contribution in [0.15, 0.2) is 28.3 Å². The third-order valence-corrected chi connectivity index (χ3v) is 5.43. The van der Waals surface area contributed by atoms with Crippen molar-refractivity contribution in [2.24, 2.45) is 7.05 Å². The number of hydrogen-bond donors (Lipinski definition) is 1. The van der Waals surface area contributed by atoms with Crippen LogP contribution in [0.1, 0.15) is 0 Å². The molecule has 0 aliphatic carbocycles. The van der Waals surface area contributed by atoms with E-state index in [4.69, 9.17) is 4.74 Å². The Morgan fingerprint density at radius 1 is 1.32 bits per heavy atom. The van der Waals surface area contributed by atoms with Crippen molar-refractivity contribution in [2.45, 2.75) is 37.6 Å². The van der Waals surface area contributed by atoms with Crippen LogP contribution < -0.4 is 5.56 Å². The van der Waals surface area contributed by atoms with E-state index in [1.54, 1.807) is 21.4 Å². The molecule has 0 radical (unpaired) electrons. The topological polar surface area (TPSA) is 61.9 Å². The molecule has 0 atom stereocenters. The highest BCUT2D eigenvalue weighted by Gasteiger charge is 2.12. The molecule has 8 heteroatoms. The molecule has 6 nitrogen and oxygen atoms in total. The van der Waals surface area contributed by atoms with Gasteiger partial charge in [-0.05, 0) is 12.1 Å². The Morgan fingerprint density at radius 3 is 2.59 bits per heavy atom. The van der Waals surface area contributed by atoms with Gasteiger partial charge in [0, 0.05) is 39.6 Å². The Labute approximate surface area is 136 Å². The quantitative estimate of drug-likeness (QED) is 0.498. The average Bonchev–Trinajstić information content (AvgIpc) is 2.75. The molecule has 22 heavy (non-hydrogen) atoms. The highest BCUT2D eigenvalue weighted by Crippen LogP contribution is 2.16. The van der Waals surface area contributed by atoms with E-state index in [1.807, 2.05) is 13.1 Å². The van der Waals surface area contributed by atoms with Gasteiger partial charge < -0.3 is 9.30 Å². The van der Waals surface area contributed by atoms with Gasteiger partial charge in [0.25, 0.3) is 5.56 Å². The number of rotatable bonds is 6.